The second kappa shape index (κ2) is 8.50. The van der Waals surface area contributed by atoms with Gasteiger partial charge in [0.15, 0.2) is 5.11 Å². The van der Waals surface area contributed by atoms with E-state index in [2.05, 4.69) is 46.9 Å². The molecule has 0 radical (unpaired) electrons. The van der Waals surface area contributed by atoms with Gasteiger partial charge in [0.2, 0.25) is 0 Å². The van der Waals surface area contributed by atoms with Gasteiger partial charge < -0.3 is 10.1 Å². The molecule has 5 nitrogen and oxygen atoms in total. The average Bonchev–Trinajstić information content (AvgIpc) is 2.45. The summed E-state index contributed by atoms with van der Waals surface area (Å²) in [5.74, 6) is 0.256. The third kappa shape index (κ3) is 5.54. The third-order valence-corrected chi connectivity index (χ3v) is 3.14. The van der Waals surface area contributed by atoms with Crippen LogP contribution in [0.2, 0.25) is 0 Å². The molecule has 3 N–H and O–H groups in total. The Kier molecular flexibility index (Phi) is 6.97. The molecule has 0 saturated heterocycles. The summed E-state index contributed by atoms with van der Waals surface area (Å²) in [6.07, 6.45) is 1.11. The van der Waals surface area contributed by atoms with E-state index in [1.165, 1.54) is 12.7 Å². The van der Waals surface area contributed by atoms with Gasteiger partial charge in [-0.2, -0.15) is 0 Å². The van der Waals surface area contributed by atoms with Gasteiger partial charge in [0.1, 0.15) is 6.61 Å². The van der Waals surface area contributed by atoms with Crippen molar-refractivity contribution in [2.45, 2.75) is 26.2 Å². The highest BCUT2D eigenvalue weighted by atomic mass is 32.1. The Balaban J connectivity index is 2.44. The third-order valence-electron chi connectivity index (χ3n) is 2.94. The maximum atomic E-state index is 11.2. The van der Waals surface area contributed by atoms with Crippen molar-refractivity contribution in [1.29, 1.82) is 0 Å². The zero-order valence-corrected chi connectivity index (χ0v) is 12.8. The molecule has 110 valence electrons. The number of benzene rings is 1. The van der Waals surface area contributed by atoms with Crippen LogP contribution in [0.15, 0.2) is 24.3 Å². The van der Waals surface area contributed by atoms with Crippen molar-refractivity contribution in [3.63, 3.8) is 0 Å². The van der Waals surface area contributed by atoms with Gasteiger partial charge in [-0.3, -0.25) is 15.6 Å². The number of thiocarbonyl (C=S) groups is 1. The quantitative estimate of drug-likeness (QED) is 0.574. The van der Waals surface area contributed by atoms with Crippen LogP contribution in [0.25, 0.3) is 0 Å². The number of hydrogen-bond acceptors (Lipinski definition) is 3. The molecular formula is C14H21N3O2S. The Morgan fingerprint density at radius 2 is 1.95 bits per heavy atom. The van der Waals surface area contributed by atoms with E-state index >= 15 is 0 Å². The van der Waals surface area contributed by atoms with Gasteiger partial charge in [0, 0.05) is 12.8 Å². The minimum atomic E-state index is -0.288. The molecule has 1 aromatic rings. The highest BCUT2D eigenvalue weighted by Gasteiger charge is 2.04. The first kappa shape index (κ1) is 16.4. The normalized spacial score (nSPS) is 11.6. The van der Waals surface area contributed by atoms with E-state index < -0.39 is 0 Å². The molecule has 6 heteroatoms. The fraction of sp³-hybridized carbons (Fsp3) is 0.429. The Morgan fingerprint density at radius 3 is 2.50 bits per heavy atom. The molecule has 1 rings (SSSR count). The van der Waals surface area contributed by atoms with Crippen LogP contribution in [0.1, 0.15) is 31.7 Å². The molecule has 0 saturated carbocycles. The van der Waals surface area contributed by atoms with Crippen molar-refractivity contribution < 1.29 is 9.53 Å². The molecule has 0 fully saturated rings. The van der Waals surface area contributed by atoms with E-state index in [1.54, 1.807) is 0 Å². The monoisotopic (exact) mass is 295 g/mol. The number of methoxy groups -OCH3 is 1. The van der Waals surface area contributed by atoms with Crippen LogP contribution < -0.4 is 16.2 Å². The largest absolute Gasteiger partial charge is 0.375 e. The van der Waals surface area contributed by atoms with E-state index in [1.807, 2.05) is 12.1 Å². The fourth-order valence-corrected chi connectivity index (χ4v) is 1.76. The maximum Gasteiger partial charge on any atom is 0.264 e. The van der Waals surface area contributed by atoms with Crippen molar-refractivity contribution in [2.24, 2.45) is 0 Å². The molecule has 0 aliphatic rings. The highest BCUT2D eigenvalue weighted by Crippen LogP contribution is 2.20. The number of hydrogen-bond donors (Lipinski definition) is 3. The fourth-order valence-electron chi connectivity index (χ4n) is 1.59. The number of amides is 1. The number of anilines is 1. The topological polar surface area (TPSA) is 62.4 Å². The summed E-state index contributed by atoms with van der Waals surface area (Å²) < 4.78 is 4.68. The summed E-state index contributed by atoms with van der Waals surface area (Å²) in [4.78, 5) is 11.2. The minimum Gasteiger partial charge on any atom is -0.375 e. The Labute approximate surface area is 125 Å². The van der Waals surface area contributed by atoms with Crippen LogP contribution in [0.3, 0.4) is 0 Å². The summed E-state index contributed by atoms with van der Waals surface area (Å²) >= 11 is 5.07. The zero-order chi connectivity index (χ0) is 15.0. The highest BCUT2D eigenvalue weighted by molar-refractivity contribution is 7.80. The first-order chi connectivity index (χ1) is 9.56. The lowest BCUT2D eigenvalue weighted by Gasteiger charge is -2.13. The van der Waals surface area contributed by atoms with Crippen molar-refractivity contribution >= 4 is 28.9 Å². The summed E-state index contributed by atoms with van der Waals surface area (Å²) in [6.45, 7) is 4.34. The maximum absolute atomic E-state index is 11.2. The number of carbonyl (C=O) groups is 1. The number of nitrogens with one attached hydrogen (secondary N) is 3. The minimum absolute atomic E-state index is 0.0147. The van der Waals surface area contributed by atoms with E-state index in [9.17, 15) is 4.79 Å². The van der Waals surface area contributed by atoms with E-state index in [0.717, 1.165) is 12.1 Å². The first-order valence-corrected chi connectivity index (χ1v) is 6.92. The standard InChI is InChI=1S/C14H21N3O2S/c1-4-10(2)11-5-7-12(8-6-11)15-14(20)17-16-13(18)9-19-3/h5-8,10H,4,9H2,1-3H3,(H,16,18)(H2,15,17,20). The van der Waals surface area contributed by atoms with E-state index in [-0.39, 0.29) is 12.5 Å². The Hall–Kier alpha value is -1.66. The molecule has 1 unspecified atom stereocenters. The summed E-state index contributed by atoms with van der Waals surface area (Å²) in [7, 11) is 1.45. The lowest BCUT2D eigenvalue weighted by atomic mass is 9.99. The van der Waals surface area contributed by atoms with Gasteiger partial charge in [0.25, 0.3) is 5.91 Å². The van der Waals surface area contributed by atoms with Crippen LogP contribution in [0.5, 0.6) is 0 Å². The molecule has 0 aliphatic heterocycles. The lowest BCUT2D eigenvalue weighted by Crippen LogP contribution is -2.45. The van der Waals surface area contributed by atoms with Crippen molar-refractivity contribution in [3.05, 3.63) is 29.8 Å². The average molecular weight is 295 g/mol. The number of rotatable bonds is 5. The van der Waals surface area contributed by atoms with Gasteiger partial charge in [-0.15, -0.1) is 0 Å². The number of ether oxygens (including phenoxy) is 1. The molecule has 1 aromatic carbocycles. The van der Waals surface area contributed by atoms with Gasteiger partial charge in [-0.05, 0) is 42.3 Å². The molecule has 1 atom stereocenters. The van der Waals surface area contributed by atoms with Gasteiger partial charge >= 0.3 is 0 Å². The summed E-state index contributed by atoms with van der Waals surface area (Å²) in [5, 5.41) is 3.31. The number of carbonyl (C=O) groups excluding carboxylic acids is 1. The molecule has 0 aliphatic carbocycles. The smallest absolute Gasteiger partial charge is 0.264 e. The van der Waals surface area contributed by atoms with Crippen molar-refractivity contribution in [3.8, 4) is 0 Å². The molecule has 20 heavy (non-hydrogen) atoms. The molecule has 0 aromatic heterocycles. The van der Waals surface area contributed by atoms with Gasteiger partial charge in [-0.25, -0.2) is 0 Å². The van der Waals surface area contributed by atoms with E-state index in [4.69, 9.17) is 12.2 Å². The van der Waals surface area contributed by atoms with Gasteiger partial charge in [-0.1, -0.05) is 26.0 Å². The molecule has 0 heterocycles. The molecule has 0 spiro atoms. The van der Waals surface area contributed by atoms with Crippen LogP contribution in [0, 0.1) is 0 Å². The molecular weight excluding hydrogens is 274 g/mol. The van der Waals surface area contributed by atoms with E-state index in [0.29, 0.717) is 11.0 Å². The summed E-state index contributed by atoms with van der Waals surface area (Å²) in [5.41, 5.74) is 7.20. The predicted octanol–water partition coefficient (Wildman–Crippen LogP) is 2.16. The SMILES string of the molecule is CCC(C)c1ccc(NC(=S)NNC(=O)COC)cc1. The first-order valence-electron chi connectivity index (χ1n) is 6.51. The van der Waals surface area contributed by atoms with Crippen LogP contribution in [-0.4, -0.2) is 24.7 Å². The Bertz CT molecular complexity index is 448. The summed E-state index contributed by atoms with van der Waals surface area (Å²) in [6, 6.07) is 8.07. The zero-order valence-electron chi connectivity index (χ0n) is 12.0. The lowest BCUT2D eigenvalue weighted by molar-refractivity contribution is -0.125. The number of hydrazine groups is 1. The molecule has 0 bridgehead atoms. The second-order valence-electron chi connectivity index (χ2n) is 4.49. The van der Waals surface area contributed by atoms with Crippen molar-refractivity contribution in [1.82, 2.24) is 10.9 Å². The molecule has 1 amide bonds. The van der Waals surface area contributed by atoms with Crippen LogP contribution >= 0.6 is 12.2 Å². The predicted molar refractivity (Wildman–Crippen MR) is 84.5 cm³/mol. The van der Waals surface area contributed by atoms with Crippen LogP contribution in [-0.2, 0) is 9.53 Å². The van der Waals surface area contributed by atoms with Gasteiger partial charge in [0.05, 0.1) is 0 Å². The van der Waals surface area contributed by atoms with Crippen LogP contribution in [0.4, 0.5) is 5.69 Å². The second-order valence-corrected chi connectivity index (χ2v) is 4.90. The Morgan fingerprint density at radius 1 is 1.30 bits per heavy atom. The van der Waals surface area contributed by atoms with Crippen molar-refractivity contribution in [2.75, 3.05) is 19.0 Å².